The van der Waals surface area contributed by atoms with Gasteiger partial charge in [-0.1, -0.05) is 115 Å². The Morgan fingerprint density at radius 2 is 1.20 bits per heavy atom. The minimum atomic E-state index is 0.140. The zero-order valence-corrected chi connectivity index (χ0v) is 27.5. The number of fused-ring (bicyclic) bond motifs is 8. The summed E-state index contributed by atoms with van der Waals surface area (Å²) in [4.78, 5) is 13.5. The Labute approximate surface area is 292 Å². The number of H-pyrrole nitrogens is 1. The minimum absolute atomic E-state index is 0.140. The van der Waals surface area contributed by atoms with Crippen LogP contribution in [-0.2, 0) is 0 Å². The van der Waals surface area contributed by atoms with Crippen LogP contribution in [-0.4, -0.2) is 24.9 Å². The third-order valence-corrected chi connectivity index (χ3v) is 9.77. The second kappa shape index (κ2) is 11.5. The predicted molar refractivity (Wildman–Crippen MR) is 209 cm³/mol. The molecule has 10 rings (SSSR count). The third-order valence-electron chi connectivity index (χ3n) is 9.77. The number of benzene rings is 7. The van der Waals surface area contributed by atoms with Gasteiger partial charge < -0.3 is 14.1 Å². The number of nitrogens with zero attached hydrogens (tertiary/aromatic N) is 4. The van der Waals surface area contributed by atoms with Gasteiger partial charge in [-0.2, -0.15) is 0 Å². The molecule has 0 saturated carbocycles. The molecule has 0 bridgehead atoms. The molecule has 240 valence electrons. The molecule has 0 unspecified atom stereocenters. The summed E-state index contributed by atoms with van der Waals surface area (Å²) in [5.41, 5.74) is 11.0. The quantitative estimate of drug-likeness (QED) is 0.144. The maximum absolute atomic E-state index is 9.57. The molecule has 0 amide bonds. The van der Waals surface area contributed by atoms with Crippen LogP contribution in [0.15, 0.2) is 175 Å². The predicted octanol–water partition coefficient (Wildman–Crippen LogP) is 10.4. The molecule has 0 saturated heterocycles. The smallest absolute Gasteiger partial charge is 0.159 e. The summed E-state index contributed by atoms with van der Waals surface area (Å²) in [6, 6.07) is 58.3. The van der Waals surface area contributed by atoms with E-state index in [1.165, 1.54) is 10.8 Å². The molecule has 10 aromatic rings. The van der Waals surface area contributed by atoms with Gasteiger partial charge in [0.05, 0.1) is 38.8 Å². The molecule has 6 nitrogen and oxygen atoms in total. The van der Waals surface area contributed by atoms with Gasteiger partial charge in [0.25, 0.3) is 0 Å². The van der Waals surface area contributed by atoms with Gasteiger partial charge in [0.1, 0.15) is 5.69 Å². The average Bonchev–Trinajstić information content (AvgIpc) is 3.71. The van der Waals surface area contributed by atoms with E-state index >= 15 is 0 Å². The molecular weight excluding hydrogens is 625 g/mol. The maximum Gasteiger partial charge on any atom is 0.159 e. The van der Waals surface area contributed by atoms with Crippen LogP contribution in [0.3, 0.4) is 0 Å². The standard InChI is InChI=1S/C45H30N6/c46-44(49-45-42(29-15-3-1-4-16-29)47-35-22-10-11-23-36(35)48-45)34-21-9-14-26-39(34)51-37-24-12-7-19-31(37)32-27-28-40-41(43(32)51)33-20-8-13-25-38(33)50(40)30-17-5-2-6-18-30/h1-28H,(H2,46,48,49). The van der Waals surface area contributed by atoms with Crippen LogP contribution >= 0.6 is 0 Å². The Morgan fingerprint density at radius 1 is 0.549 bits per heavy atom. The third kappa shape index (κ3) is 4.54. The lowest BCUT2D eigenvalue weighted by molar-refractivity contribution is 1.14. The van der Waals surface area contributed by atoms with Crippen molar-refractivity contribution in [3.05, 3.63) is 181 Å². The van der Waals surface area contributed by atoms with Crippen molar-refractivity contribution < 1.29 is 0 Å². The van der Waals surface area contributed by atoms with Crippen LogP contribution in [0.1, 0.15) is 5.56 Å². The summed E-state index contributed by atoms with van der Waals surface area (Å²) in [6.07, 6.45) is 0. The maximum atomic E-state index is 9.57. The first kappa shape index (κ1) is 28.9. The average molecular weight is 655 g/mol. The van der Waals surface area contributed by atoms with Gasteiger partial charge in [-0.25, -0.2) is 9.98 Å². The zero-order chi connectivity index (χ0) is 33.9. The molecule has 3 heterocycles. The summed E-state index contributed by atoms with van der Waals surface area (Å²) in [7, 11) is 0. The lowest BCUT2D eigenvalue weighted by Crippen LogP contribution is -2.17. The van der Waals surface area contributed by atoms with Gasteiger partial charge in [-0.15, -0.1) is 0 Å². The summed E-state index contributed by atoms with van der Waals surface area (Å²) in [5.74, 6) is 0.140. The van der Waals surface area contributed by atoms with E-state index in [1.807, 2.05) is 72.8 Å². The highest BCUT2D eigenvalue weighted by molar-refractivity contribution is 6.26. The Morgan fingerprint density at radius 3 is 2.02 bits per heavy atom. The van der Waals surface area contributed by atoms with E-state index in [9.17, 15) is 5.41 Å². The van der Waals surface area contributed by atoms with Crippen LogP contribution in [0.25, 0.3) is 77.3 Å². The fourth-order valence-corrected chi connectivity index (χ4v) is 7.57. The number of hydrogen-bond acceptors (Lipinski definition) is 2. The first-order valence-corrected chi connectivity index (χ1v) is 17.0. The van der Waals surface area contributed by atoms with E-state index in [0.29, 0.717) is 16.7 Å². The molecule has 51 heavy (non-hydrogen) atoms. The fourth-order valence-electron chi connectivity index (χ4n) is 7.57. The Balaban J connectivity index is 1.27. The number of para-hydroxylation sites is 6. The SMILES string of the molecule is N=C(N=c1[nH]c2ccccc2nc1-c1ccccc1)c1ccccc1-n1c2ccccc2c2ccc3c(c4ccccc4n3-c3ccccc3)c21. The van der Waals surface area contributed by atoms with Gasteiger partial charge in [0, 0.05) is 38.4 Å². The Bertz CT molecular complexity index is 3040. The number of aromatic amines is 1. The van der Waals surface area contributed by atoms with Crippen LogP contribution in [0, 0.1) is 5.41 Å². The molecular formula is C45H30N6. The number of nitrogens with one attached hydrogen (secondary N) is 2. The highest BCUT2D eigenvalue weighted by Gasteiger charge is 2.22. The monoisotopic (exact) mass is 654 g/mol. The lowest BCUT2D eigenvalue weighted by atomic mass is 10.1. The number of aromatic nitrogens is 4. The number of hydrogen-bond donors (Lipinski definition) is 2. The molecule has 2 N–H and O–H groups in total. The molecule has 0 atom stereocenters. The first-order valence-electron chi connectivity index (χ1n) is 17.0. The molecule has 0 aliphatic heterocycles. The van der Waals surface area contributed by atoms with Crippen molar-refractivity contribution in [2.24, 2.45) is 4.99 Å². The highest BCUT2D eigenvalue weighted by atomic mass is 15.0. The van der Waals surface area contributed by atoms with Crippen molar-refractivity contribution in [3.63, 3.8) is 0 Å². The van der Waals surface area contributed by atoms with Gasteiger partial charge in [-0.05, 0) is 54.6 Å². The van der Waals surface area contributed by atoms with Gasteiger partial charge in [0.15, 0.2) is 11.3 Å². The fraction of sp³-hybridized carbons (Fsp3) is 0. The van der Waals surface area contributed by atoms with Crippen LogP contribution < -0.4 is 5.49 Å². The molecule has 0 aliphatic rings. The van der Waals surface area contributed by atoms with E-state index < -0.39 is 0 Å². The second-order valence-corrected chi connectivity index (χ2v) is 12.7. The van der Waals surface area contributed by atoms with Crippen LogP contribution in [0.4, 0.5) is 0 Å². The van der Waals surface area contributed by atoms with Crippen LogP contribution in [0.5, 0.6) is 0 Å². The molecule has 7 aromatic carbocycles. The number of rotatable bonds is 4. The van der Waals surface area contributed by atoms with Crippen LogP contribution in [0.2, 0.25) is 0 Å². The molecule has 0 radical (unpaired) electrons. The van der Waals surface area contributed by atoms with Crippen molar-refractivity contribution in [2.45, 2.75) is 0 Å². The molecule has 3 aromatic heterocycles. The van der Waals surface area contributed by atoms with E-state index in [4.69, 9.17) is 9.98 Å². The molecule has 6 heteroatoms. The Hall–Kier alpha value is -7.05. The summed E-state index contributed by atoms with van der Waals surface area (Å²) < 4.78 is 4.68. The second-order valence-electron chi connectivity index (χ2n) is 12.7. The van der Waals surface area contributed by atoms with E-state index in [1.54, 1.807) is 0 Å². The summed E-state index contributed by atoms with van der Waals surface area (Å²) in [6.45, 7) is 0. The number of amidine groups is 1. The van der Waals surface area contributed by atoms with E-state index in [2.05, 4.69) is 111 Å². The largest absolute Gasteiger partial charge is 0.337 e. The van der Waals surface area contributed by atoms with Crippen molar-refractivity contribution in [1.29, 1.82) is 5.41 Å². The normalized spacial score (nSPS) is 12.1. The van der Waals surface area contributed by atoms with Gasteiger partial charge in [-0.3, -0.25) is 5.41 Å². The first-order chi connectivity index (χ1) is 25.2. The van der Waals surface area contributed by atoms with Gasteiger partial charge in [0.2, 0.25) is 0 Å². The van der Waals surface area contributed by atoms with E-state index in [0.717, 1.165) is 60.8 Å². The van der Waals surface area contributed by atoms with Crippen molar-refractivity contribution in [2.75, 3.05) is 0 Å². The van der Waals surface area contributed by atoms with Gasteiger partial charge >= 0.3 is 0 Å². The minimum Gasteiger partial charge on any atom is -0.337 e. The van der Waals surface area contributed by atoms with Crippen molar-refractivity contribution in [3.8, 4) is 22.6 Å². The molecule has 0 fully saturated rings. The van der Waals surface area contributed by atoms with Crippen molar-refractivity contribution >= 4 is 60.5 Å². The highest BCUT2D eigenvalue weighted by Crippen LogP contribution is 2.42. The molecule has 0 spiro atoms. The Kier molecular flexibility index (Phi) is 6.54. The zero-order valence-electron chi connectivity index (χ0n) is 27.5. The topological polar surface area (TPSA) is 74.8 Å². The van der Waals surface area contributed by atoms with Crippen molar-refractivity contribution in [1.82, 2.24) is 19.1 Å². The molecule has 0 aliphatic carbocycles. The summed E-state index contributed by atoms with van der Waals surface area (Å²) >= 11 is 0. The van der Waals surface area contributed by atoms with E-state index in [-0.39, 0.29) is 5.84 Å². The summed E-state index contributed by atoms with van der Waals surface area (Å²) in [5, 5.41) is 14.2. The lowest BCUT2D eigenvalue weighted by Gasteiger charge is -2.14.